The first-order chi connectivity index (χ1) is 12.8. The van der Waals surface area contributed by atoms with Crippen LogP contribution < -0.4 is 15.4 Å². The molecule has 0 aromatic heterocycles. The Balaban J connectivity index is 0.00000392. The van der Waals surface area contributed by atoms with Crippen molar-refractivity contribution in [2.24, 2.45) is 11.8 Å². The molecule has 2 rings (SSSR count). The molecule has 0 spiro atoms. The Morgan fingerprint density at radius 3 is 2.75 bits per heavy atom. The molecule has 1 aliphatic heterocycles. The smallest absolute Gasteiger partial charge is 0.320 e. The summed E-state index contributed by atoms with van der Waals surface area (Å²) in [4.78, 5) is 23.4. The van der Waals surface area contributed by atoms with Crippen LogP contribution in [0.4, 0.5) is 5.69 Å². The third-order valence-corrected chi connectivity index (χ3v) is 6.11. The van der Waals surface area contributed by atoms with Gasteiger partial charge in [0.05, 0.1) is 12.0 Å². The molecule has 10 heteroatoms. The van der Waals surface area contributed by atoms with Gasteiger partial charge in [0.2, 0.25) is 15.9 Å². The van der Waals surface area contributed by atoms with Gasteiger partial charge in [0.15, 0.2) is 0 Å². The molecular formula is C18H28ClN3O5S. The Morgan fingerprint density at radius 1 is 1.36 bits per heavy atom. The monoisotopic (exact) mass is 433 g/mol. The van der Waals surface area contributed by atoms with E-state index in [1.54, 1.807) is 6.07 Å². The molecule has 3 N–H and O–H groups in total. The van der Waals surface area contributed by atoms with E-state index >= 15 is 0 Å². The van der Waals surface area contributed by atoms with Crippen LogP contribution in [0.15, 0.2) is 29.2 Å². The Labute approximate surface area is 172 Å². The highest BCUT2D eigenvalue weighted by molar-refractivity contribution is 7.89. The van der Waals surface area contributed by atoms with Gasteiger partial charge in [0.25, 0.3) is 0 Å². The van der Waals surface area contributed by atoms with Gasteiger partial charge in [-0.3, -0.25) is 9.59 Å². The van der Waals surface area contributed by atoms with Crippen LogP contribution in [0.2, 0.25) is 0 Å². The van der Waals surface area contributed by atoms with Gasteiger partial charge in [-0.15, -0.1) is 12.4 Å². The standard InChI is InChI=1S/C18H27N3O5S.ClH/c1-13(14-5-4-8-19-11-14)9-17(22)21-15-6-3-7-16(10-15)27(24,25)20-12-18(23)26-2;/h3,6-7,10,13-14,19-20H,4-5,8-9,11-12H2,1-2H3,(H,21,22);1H. The van der Waals surface area contributed by atoms with Crippen LogP contribution in [0.25, 0.3) is 0 Å². The summed E-state index contributed by atoms with van der Waals surface area (Å²) in [6.07, 6.45) is 2.61. The lowest BCUT2D eigenvalue weighted by Crippen LogP contribution is -2.34. The number of hydrogen-bond donors (Lipinski definition) is 3. The number of amides is 1. The highest BCUT2D eigenvalue weighted by Gasteiger charge is 2.22. The molecule has 0 radical (unpaired) electrons. The van der Waals surface area contributed by atoms with E-state index in [0.29, 0.717) is 18.0 Å². The second-order valence-corrected chi connectivity index (χ2v) is 8.53. The van der Waals surface area contributed by atoms with Crippen molar-refractivity contribution < 1.29 is 22.7 Å². The van der Waals surface area contributed by atoms with Gasteiger partial charge >= 0.3 is 5.97 Å². The van der Waals surface area contributed by atoms with Gasteiger partial charge in [-0.2, -0.15) is 4.72 Å². The number of sulfonamides is 1. The number of rotatable bonds is 8. The van der Waals surface area contributed by atoms with E-state index in [4.69, 9.17) is 0 Å². The third-order valence-electron chi connectivity index (χ3n) is 4.71. The first-order valence-corrected chi connectivity index (χ1v) is 10.5. The first-order valence-electron chi connectivity index (χ1n) is 8.99. The van der Waals surface area contributed by atoms with E-state index in [2.05, 4.69) is 27.0 Å². The van der Waals surface area contributed by atoms with E-state index in [1.165, 1.54) is 25.3 Å². The minimum absolute atomic E-state index is 0. The van der Waals surface area contributed by atoms with E-state index in [-0.39, 0.29) is 29.1 Å². The lowest BCUT2D eigenvalue weighted by atomic mass is 9.85. The number of nitrogens with one attached hydrogen (secondary N) is 3. The Kier molecular flexibility index (Phi) is 9.88. The van der Waals surface area contributed by atoms with Crippen LogP contribution >= 0.6 is 12.4 Å². The lowest BCUT2D eigenvalue weighted by Gasteiger charge is -2.28. The van der Waals surface area contributed by atoms with E-state index in [9.17, 15) is 18.0 Å². The molecule has 2 unspecified atom stereocenters. The first kappa shape index (κ1) is 24.4. The maximum absolute atomic E-state index is 12.3. The van der Waals surface area contributed by atoms with Crippen LogP contribution in [0.3, 0.4) is 0 Å². The summed E-state index contributed by atoms with van der Waals surface area (Å²) < 4.78 is 31.0. The fourth-order valence-corrected chi connectivity index (χ4v) is 4.10. The summed E-state index contributed by atoms with van der Waals surface area (Å²) in [6.45, 7) is 3.56. The lowest BCUT2D eigenvalue weighted by molar-refractivity contribution is -0.139. The SMILES string of the molecule is COC(=O)CNS(=O)(=O)c1cccc(NC(=O)CC(C)C2CCCNC2)c1.Cl. The molecule has 28 heavy (non-hydrogen) atoms. The predicted molar refractivity (Wildman–Crippen MR) is 109 cm³/mol. The zero-order valence-electron chi connectivity index (χ0n) is 16.1. The number of carbonyl (C=O) groups excluding carboxylic acids is 2. The van der Waals surface area contributed by atoms with E-state index < -0.39 is 22.5 Å². The summed E-state index contributed by atoms with van der Waals surface area (Å²) in [5.41, 5.74) is 0.398. The minimum atomic E-state index is -3.87. The molecule has 0 saturated carbocycles. The van der Waals surface area contributed by atoms with E-state index in [1.807, 2.05) is 0 Å². The fourth-order valence-electron chi connectivity index (χ4n) is 3.09. The topological polar surface area (TPSA) is 114 Å². The fraction of sp³-hybridized carbons (Fsp3) is 0.556. The Hall–Kier alpha value is -1.68. The molecule has 2 atom stereocenters. The van der Waals surface area contributed by atoms with Crippen molar-refractivity contribution in [2.75, 3.05) is 32.1 Å². The maximum Gasteiger partial charge on any atom is 0.320 e. The molecule has 1 aromatic carbocycles. The number of methoxy groups -OCH3 is 1. The number of ether oxygens (including phenoxy) is 1. The molecule has 1 saturated heterocycles. The quantitative estimate of drug-likeness (QED) is 0.536. The van der Waals surface area contributed by atoms with Crippen LogP contribution in [-0.4, -0.2) is 47.0 Å². The second kappa shape index (κ2) is 11.4. The number of esters is 1. The number of anilines is 1. The zero-order valence-corrected chi connectivity index (χ0v) is 17.7. The van der Waals surface area contributed by atoms with Crippen LogP contribution in [-0.2, 0) is 24.3 Å². The summed E-state index contributed by atoms with van der Waals surface area (Å²) >= 11 is 0. The molecule has 0 bridgehead atoms. The summed E-state index contributed by atoms with van der Waals surface area (Å²) in [7, 11) is -2.70. The van der Waals surface area contributed by atoms with Crippen molar-refractivity contribution in [1.82, 2.24) is 10.0 Å². The van der Waals surface area contributed by atoms with Crippen molar-refractivity contribution in [3.63, 3.8) is 0 Å². The van der Waals surface area contributed by atoms with Gasteiger partial charge in [-0.05, 0) is 56.0 Å². The number of piperidine rings is 1. The Morgan fingerprint density at radius 2 is 2.11 bits per heavy atom. The molecular weight excluding hydrogens is 406 g/mol. The normalized spacial score (nSPS) is 17.9. The van der Waals surface area contributed by atoms with Crippen molar-refractivity contribution in [3.8, 4) is 0 Å². The highest BCUT2D eigenvalue weighted by Crippen LogP contribution is 2.23. The van der Waals surface area contributed by atoms with Crippen LogP contribution in [0.1, 0.15) is 26.2 Å². The molecule has 158 valence electrons. The molecule has 1 aromatic rings. The molecule has 8 nitrogen and oxygen atoms in total. The minimum Gasteiger partial charge on any atom is -0.468 e. The summed E-state index contributed by atoms with van der Waals surface area (Å²) in [6, 6.07) is 5.93. The van der Waals surface area contributed by atoms with Gasteiger partial charge in [0.1, 0.15) is 6.54 Å². The number of benzene rings is 1. The number of halogens is 1. The van der Waals surface area contributed by atoms with Gasteiger partial charge < -0.3 is 15.4 Å². The van der Waals surface area contributed by atoms with Crippen molar-refractivity contribution >= 4 is 40.0 Å². The second-order valence-electron chi connectivity index (χ2n) is 6.76. The summed E-state index contributed by atoms with van der Waals surface area (Å²) in [5, 5.41) is 6.11. The number of carbonyl (C=O) groups is 2. The maximum atomic E-state index is 12.3. The third kappa shape index (κ3) is 7.38. The Bertz CT molecular complexity index is 766. The van der Waals surface area contributed by atoms with Crippen molar-refractivity contribution in [3.05, 3.63) is 24.3 Å². The number of hydrogen-bond acceptors (Lipinski definition) is 6. The zero-order chi connectivity index (χ0) is 19.9. The van der Waals surface area contributed by atoms with Crippen molar-refractivity contribution in [1.29, 1.82) is 0 Å². The molecule has 1 heterocycles. The van der Waals surface area contributed by atoms with Crippen LogP contribution in [0.5, 0.6) is 0 Å². The highest BCUT2D eigenvalue weighted by atomic mass is 35.5. The van der Waals surface area contributed by atoms with Crippen LogP contribution in [0, 0.1) is 11.8 Å². The predicted octanol–water partition coefficient (Wildman–Crippen LogP) is 1.52. The van der Waals surface area contributed by atoms with Gasteiger partial charge in [-0.25, -0.2) is 8.42 Å². The van der Waals surface area contributed by atoms with Gasteiger partial charge in [-0.1, -0.05) is 13.0 Å². The molecule has 1 amide bonds. The largest absolute Gasteiger partial charge is 0.468 e. The molecule has 0 aliphatic carbocycles. The van der Waals surface area contributed by atoms with E-state index in [0.717, 1.165) is 25.9 Å². The van der Waals surface area contributed by atoms with Gasteiger partial charge in [0, 0.05) is 12.1 Å². The average Bonchev–Trinajstić information content (AvgIpc) is 2.67. The van der Waals surface area contributed by atoms with Crippen molar-refractivity contribution in [2.45, 2.75) is 31.1 Å². The average molecular weight is 434 g/mol. The molecule has 1 fully saturated rings. The molecule has 1 aliphatic rings. The summed E-state index contributed by atoms with van der Waals surface area (Å²) in [5.74, 6) is -0.121.